The molecule has 2 aliphatic heterocycles. The lowest BCUT2D eigenvalue weighted by molar-refractivity contribution is -0.0584. The normalized spacial score (nSPS) is 35.5. The zero-order valence-corrected chi connectivity index (χ0v) is 15.7. The van der Waals surface area contributed by atoms with Gasteiger partial charge in [-0.3, -0.25) is 0 Å². The van der Waals surface area contributed by atoms with Crippen LogP contribution in [0.1, 0.15) is 51.6 Å². The molecule has 3 heterocycles. The van der Waals surface area contributed by atoms with Gasteiger partial charge < -0.3 is 0 Å². The van der Waals surface area contributed by atoms with Crippen molar-refractivity contribution in [1.82, 2.24) is 13.9 Å². The van der Waals surface area contributed by atoms with Gasteiger partial charge in [0.2, 0.25) is 0 Å². The predicted octanol–water partition coefficient (Wildman–Crippen LogP) is 3.36. The molecule has 4 atom stereocenters. The van der Waals surface area contributed by atoms with E-state index in [2.05, 4.69) is 26.0 Å². The molecule has 2 bridgehead atoms. The van der Waals surface area contributed by atoms with Crippen LogP contribution in [0, 0.1) is 10.8 Å². The molecule has 1 aromatic heterocycles. The van der Waals surface area contributed by atoms with Crippen molar-refractivity contribution in [1.29, 1.82) is 0 Å². The molecule has 0 unspecified atom stereocenters. The Labute approximate surface area is 157 Å². The van der Waals surface area contributed by atoms with E-state index in [-0.39, 0.29) is 34.3 Å². The highest BCUT2D eigenvalue weighted by atomic mass is 16.2. The molecular weight excluding hydrogens is 338 g/mol. The number of nitrogens with zero attached hydrogens (tertiary/aromatic N) is 3. The summed E-state index contributed by atoms with van der Waals surface area (Å²) in [6.45, 7) is 4.64. The Balaban J connectivity index is 1.65. The molecule has 0 saturated carbocycles. The maximum Gasteiger partial charge on any atom is 0.352 e. The van der Waals surface area contributed by atoms with Crippen molar-refractivity contribution in [3.63, 3.8) is 0 Å². The van der Waals surface area contributed by atoms with Crippen LogP contribution < -0.4 is 11.4 Å². The van der Waals surface area contributed by atoms with Crippen molar-refractivity contribution in [2.24, 2.45) is 10.8 Å². The summed E-state index contributed by atoms with van der Waals surface area (Å²) in [5.41, 5.74) is 3.16. The van der Waals surface area contributed by atoms with Gasteiger partial charge in [-0.2, -0.15) is 0 Å². The highest BCUT2D eigenvalue weighted by molar-refractivity contribution is 5.51. The molecule has 138 valence electrons. The molecule has 27 heavy (non-hydrogen) atoms. The predicted molar refractivity (Wildman–Crippen MR) is 103 cm³/mol. The summed E-state index contributed by atoms with van der Waals surface area (Å²) >= 11 is 0. The Morgan fingerprint density at radius 1 is 0.815 bits per heavy atom. The summed E-state index contributed by atoms with van der Waals surface area (Å²) in [6.07, 6.45) is 9.08. The summed E-state index contributed by atoms with van der Waals surface area (Å²) in [7, 11) is 0. The second-order valence-electron chi connectivity index (χ2n) is 8.77. The molecule has 0 amide bonds. The molecular formula is C22H23N3O2. The quantitative estimate of drug-likeness (QED) is 0.731. The van der Waals surface area contributed by atoms with Gasteiger partial charge in [0.1, 0.15) is 0 Å². The third-order valence-electron chi connectivity index (χ3n) is 8.01. The van der Waals surface area contributed by atoms with Gasteiger partial charge in [0.25, 0.3) is 0 Å². The summed E-state index contributed by atoms with van der Waals surface area (Å²) in [5, 5.41) is 0. The summed E-state index contributed by atoms with van der Waals surface area (Å²) in [4.78, 5) is 26.7. The Morgan fingerprint density at radius 2 is 1.30 bits per heavy atom. The molecule has 0 radical (unpaired) electrons. The Bertz CT molecular complexity index is 1090. The molecule has 5 aliphatic rings. The minimum absolute atomic E-state index is 0.0681. The van der Waals surface area contributed by atoms with Crippen molar-refractivity contribution in [3.8, 4) is 5.69 Å². The van der Waals surface area contributed by atoms with Crippen molar-refractivity contribution < 1.29 is 0 Å². The van der Waals surface area contributed by atoms with Crippen LogP contribution in [0.25, 0.3) is 5.69 Å². The van der Waals surface area contributed by atoms with Gasteiger partial charge in [-0.15, -0.1) is 0 Å². The fraction of sp³-hybridized carbons (Fsp3) is 0.455. The number of para-hydroxylation sites is 1. The van der Waals surface area contributed by atoms with E-state index in [1.807, 2.05) is 30.3 Å². The van der Waals surface area contributed by atoms with Crippen molar-refractivity contribution in [3.05, 3.63) is 74.6 Å². The number of rotatable bonds is 1. The van der Waals surface area contributed by atoms with E-state index in [1.54, 1.807) is 20.5 Å². The van der Waals surface area contributed by atoms with Crippen LogP contribution >= 0.6 is 0 Å². The summed E-state index contributed by atoms with van der Waals surface area (Å²) < 4.78 is 4.81. The van der Waals surface area contributed by atoms with E-state index in [9.17, 15) is 9.59 Å². The van der Waals surface area contributed by atoms with Crippen molar-refractivity contribution >= 4 is 0 Å². The van der Waals surface area contributed by atoms with Crippen LogP contribution in [0.2, 0.25) is 0 Å². The van der Waals surface area contributed by atoms with Crippen LogP contribution in [0.5, 0.6) is 0 Å². The largest absolute Gasteiger partial charge is 0.352 e. The second kappa shape index (κ2) is 4.64. The summed E-state index contributed by atoms with van der Waals surface area (Å²) in [5.74, 6) is 0. The van der Waals surface area contributed by atoms with Gasteiger partial charge >= 0.3 is 11.4 Å². The summed E-state index contributed by atoms with van der Waals surface area (Å²) in [6, 6.07) is 9.10. The number of hydrogen-bond acceptors (Lipinski definition) is 2. The molecule has 5 heteroatoms. The third kappa shape index (κ3) is 1.44. The van der Waals surface area contributed by atoms with Crippen LogP contribution in [0.4, 0.5) is 0 Å². The molecule has 3 aliphatic carbocycles. The molecule has 0 N–H and O–H groups in total. The van der Waals surface area contributed by atoms with Gasteiger partial charge in [0.05, 0.1) is 17.8 Å². The first kappa shape index (κ1) is 15.5. The van der Waals surface area contributed by atoms with Gasteiger partial charge in [-0.1, -0.05) is 55.3 Å². The molecule has 7 rings (SSSR count). The van der Waals surface area contributed by atoms with E-state index in [0.29, 0.717) is 5.69 Å². The maximum absolute atomic E-state index is 13.4. The minimum atomic E-state index is -0.223. The van der Waals surface area contributed by atoms with Crippen LogP contribution in [-0.2, 0) is 0 Å². The van der Waals surface area contributed by atoms with Gasteiger partial charge in [-0.05, 0) is 37.8 Å². The first-order valence-electron chi connectivity index (χ1n) is 9.94. The van der Waals surface area contributed by atoms with Gasteiger partial charge in [0, 0.05) is 10.8 Å². The zero-order chi connectivity index (χ0) is 18.6. The topological polar surface area (TPSA) is 48.9 Å². The lowest BCUT2D eigenvalue weighted by atomic mass is 9.38. The zero-order valence-electron chi connectivity index (χ0n) is 15.7. The lowest BCUT2D eigenvalue weighted by Crippen LogP contribution is -2.66. The highest BCUT2D eigenvalue weighted by Gasteiger charge is 2.70. The van der Waals surface area contributed by atoms with Gasteiger partial charge in [0.15, 0.2) is 0 Å². The van der Waals surface area contributed by atoms with E-state index < -0.39 is 0 Å². The van der Waals surface area contributed by atoms with Crippen LogP contribution in [-0.4, -0.2) is 13.9 Å². The van der Waals surface area contributed by atoms with E-state index in [4.69, 9.17) is 0 Å². The number of hydrogen-bond donors (Lipinski definition) is 0. The van der Waals surface area contributed by atoms with E-state index >= 15 is 0 Å². The molecule has 1 aromatic carbocycles. The Hall–Kier alpha value is -2.56. The van der Waals surface area contributed by atoms with Crippen molar-refractivity contribution in [2.75, 3.05) is 0 Å². The maximum atomic E-state index is 13.4. The first-order chi connectivity index (χ1) is 13.0. The fourth-order valence-corrected chi connectivity index (χ4v) is 6.61. The van der Waals surface area contributed by atoms with Gasteiger partial charge in [-0.25, -0.2) is 23.5 Å². The SMILES string of the molecule is C[C@@]12C3=C(CCCC3)[C@@]1(C)[C@H]1C=C[C@H]2n2c(=O)n(-c3ccccc3)c(=O)n21. The first-order valence-corrected chi connectivity index (χ1v) is 9.94. The molecule has 0 saturated heterocycles. The highest BCUT2D eigenvalue weighted by Crippen LogP contribution is 2.75. The second-order valence-corrected chi connectivity index (χ2v) is 8.77. The van der Waals surface area contributed by atoms with E-state index in [1.165, 1.54) is 17.4 Å². The molecule has 0 fully saturated rings. The number of allylic oxidation sites excluding steroid dienone is 4. The minimum Gasteiger partial charge on any atom is -0.245 e. The van der Waals surface area contributed by atoms with E-state index in [0.717, 1.165) is 12.8 Å². The van der Waals surface area contributed by atoms with Crippen LogP contribution in [0.3, 0.4) is 0 Å². The Morgan fingerprint density at radius 3 is 1.78 bits per heavy atom. The molecule has 0 spiro atoms. The monoisotopic (exact) mass is 361 g/mol. The van der Waals surface area contributed by atoms with Crippen LogP contribution in [0.15, 0.2) is 63.2 Å². The number of benzene rings is 1. The van der Waals surface area contributed by atoms with Crippen molar-refractivity contribution in [2.45, 2.75) is 51.6 Å². The average molecular weight is 361 g/mol. The smallest absolute Gasteiger partial charge is 0.245 e. The lowest BCUT2D eigenvalue weighted by Gasteiger charge is -2.69. The average Bonchev–Trinajstić information content (AvgIpc) is 2.97. The third-order valence-corrected chi connectivity index (χ3v) is 8.01. The standard InChI is InChI=1S/C22H23N3O2/c1-21-15-10-6-7-11-16(15)22(21,2)18-13-12-17(21)24-19(26)23(20(27)25(18)24)14-8-4-3-5-9-14/h3-5,8-9,12-13,17-18H,6-7,10-11H2,1-2H3/t17-,18-,21+,22+/m1/s1. The number of aromatic nitrogens is 3. The molecule has 2 aromatic rings. The fourth-order valence-electron chi connectivity index (χ4n) is 6.61. The molecule has 5 nitrogen and oxygen atoms in total. The Kier molecular flexibility index (Phi) is 2.66.